The van der Waals surface area contributed by atoms with Crippen LogP contribution < -0.4 is 5.32 Å². The fourth-order valence-corrected chi connectivity index (χ4v) is 2.16. The second kappa shape index (κ2) is 4.33. The zero-order valence-electron chi connectivity index (χ0n) is 9.55. The summed E-state index contributed by atoms with van der Waals surface area (Å²) in [5, 5.41) is 3.54. The predicted octanol–water partition coefficient (Wildman–Crippen LogP) is 1.92. The Kier molecular flexibility index (Phi) is 3.08. The molecule has 2 heteroatoms. The molecule has 1 atom stereocenters. The summed E-state index contributed by atoms with van der Waals surface area (Å²) in [4.78, 5) is 0. The molecule has 1 aliphatic rings. The first-order chi connectivity index (χ1) is 7.18. The van der Waals surface area contributed by atoms with Gasteiger partial charge in [-0.3, -0.25) is 0 Å². The SMILES string of the molecule is Cc1cccc(CC2(C)COCCN2)c1. The van der Waals surface area contributed by atoms with Gasteiger partial charge < -0.3 is 10.1 Å². The molecule has 0 spiro atoms. The minimum atomic E-state index is 0.103. The first-order valence-electron chi connectivity index (χ1n) is 5.56. The van der Waals surface area contributed by atoms with E-state index in [0.29, 0.717) is 0 Å². The highest BCUT2D eigenvalue weighted by Crippen LogP contribution is 2.16. The van der Waals surface area contributed by atoms with E-state index in [1.807, 2.05) is 0 Å². The van der Waals surface area contributed by atoms with E-state index >= 15 is 0 Å². The molecular formula is C13H19NO. The third kappa shape index (κ3) is 2.80. The van der Waals surface area contributed by atoms with Crippen LogP contribution in [0.15, 0.2) is 24.3 Å². The molecule has 1 unspecified atom stereocenters. The van der Waals surface area contributed by atoms with E-state index in [1.165, 1.54) is 11.1 Å². The number of morpholine rings is 1. The van der Waals surface area contributed by atoms with Crippen molar-refractivity contribution < 1.29 is 4.74 Å². The minimum Gasteiger partial charge on any atom is -0.378 e. The summed E-state index contributed by atoms with van der Waals surface area (Å²) < 4.78 is 5.53. The quantitative estimate of drug-likeness (QED) is 0.796. The van der Waals surface area contributed by atoms with Crippen LogP contribution in [0.25, 0.3) is 0 Å². The van der Waals surface area contributed by atoms with Gasteiger partial charge in [0.15, 0.2) is 0 Å². The molecule has 0 radical (unpaired) electrons. The van der Waals surface area contributed by atoms with E-state index in [2.05, 4.69) is 43.4 Å². The molecule has 0 aromatic heterocycles. The van der Waals surface area contributed by atoms with Crippen LogP contribution in [0.2, 0.25) is 0 Å². The Morgan fingerprint density at radius 2 is 2.33 bits per heavy atom. The van der Waals surface area contributed by atoms with E-state index in [4.69, 9.17) is 4.74 Å². The summed E-state index contributed by atoms with van der Waals surface area (Å²) in [6.45, 7) is 6.97. The monoisotopic (exact) mass is 205 g/mol. The minimum absolute atomic E-state index is 0.103. The van der Waals surface area contributed by atoms with Crippen LogP contribution in [0.3, 0.4) is 0 Å². The van der Waals surface area contributed by atoms with E-state index in [9.17, 15) is 0 Å². The Bertz CT molecular complexity index is 329. The van der Waals surface area contributed by atoms with Gasteiger partial charge in [0.1, 0.15) is 0 Å². The lowest BCUT2D eigenvalue weighted by Gasteiger charge is -2.35. The third-order valence-electron chi connectivity index (χ3n) is 2.90. The highest BCUT2D eigenvalue weighted by molar-refractivity contribution is 5.24. The number of benzene rings is 1. The molecule has 1 saturated heterocycles. The normalized spacial score (nSPS) is 26.5. The highest BCUT2D eigenvalue weighted by Gasteiger charge is 2.26. The van der Waals surface area contributed by atoms with Gasteiger partial charge in [-0.25, -0.2) is 0 Å². The Hall–Kier alpha value is -0.860. The topological polar surface area (TPSA) is 21.3 Å². The maximum absolute atomic E-state index is 5.53. The van der Waals surface area contributed by atoms with Crippen LogP contribution in [0.5, 0.6) is 0 Å². The van der Waals surface area contributed by atoms with Gasteiger partial charge in [-0.15, -0.1) is 0 Å². The molecule has 2 nitrogen and oxygen atoms in total. The van der Waals surface area contributed by atoms with Crippen LogP contribution in [0.1, 0.15) is 18.1 Å². The molecular weight excluding hydrogens is 186 g/mol. The molecule has 0 saturated carbocycles. The summed E-state index contributed by atoms with van der Waals surface area (Å²) in [6.07, 6.45) is 1.04. The lowest BCUT2D eigenvalue weighted by atomic mass is 9.92. The van der Waals surface area contributed by atoms with Crippen molar-refractivity contribution >= 4 is 0 Å². The lowest BCUT2D eigenvalue weighted by Crippen LogP contribution is -2.53. The Morgan fingerprint density at radius 1 is 1.47 bits per heavy atom. The van der Waals surface area contributed by atoms with Gasteiger partial charge in [0.2, 0.25) is 0 Å². The van der Waals surface area contributed by atoms with Gasteiger partial charge in [0.25, 0.3) is 0 Å². The largest absolute Gasteiger partial charge is 0.378 e. The number of hydrogen-bond donors (Lipinski definition) is 1. The summed E-state index contributed by atoms with van der Waals surface area (Å²) in [5.74, 6) is 0. The van der Waals surface area contributed by atoms with Crippen molar-refractivity contribution in [2.75, 3.05) is 19.8 Å². The molecule has 0 amide bonds. The molecule has 0 aliphatic carbocycles. The van der Waals surface area contributed by atoms with Gasteiger partial charge in [-0.05, 0) is 25.8 Å². The maximum Gasteiger partial charge on any atom is 0.0649 e. The van der Waals surface area contributed by atoms with Crippen molar-refractivity contribution in [1.29, 1.82) is 0 Å². The molecule has 2 rings (SSSR count). The van der Waals surface area contributed by atoms with E-state index in [0.717, 1.165) is 26.2 Å². The maximum atomic E-state index is 5.53. The van der Waals surface area contributed by atoms with Crippen LogP contribution in [-0.2, 0) is 11.2 Å². The Labute approximate surface area is 91.6 Å². The second-order valence-corrected chi connectivity index (χ2v) is 4.71. The smallest absolute Gasteiger partial charge is 0.0649 e. The molecule has 0 bridgehead atoms. The molecule has 1 fully saturated rings. The van der Waals surface area contributed by atoms with Gasteiger partial charge in [-0.2, -0.15) is 0 Å². The predicted molar refractivity (Wildman–Crippen MR) is 62.1 cm³/mol. The van der Waals surface area contributed by atoms with Gasteiger partial charge in [0.05, 0.1) is 13.2 Å². The van der Waals surface area contributed by atoms with Crippen molar-refractivity contribution in [1.82, 2.24) is 5.32 Å². The molecule has 82 valence electrons. The van der Waals surface area contributed by atoms with Crippen molar-refractivity contribution in [2.45, 2.75) is 25.8 Å². The molecule has 1 N–H and O–H groups in total. The zero-order chi connectivity index (χ0) is 10.7. The first kappa shape index (κ1) is 10.7. The van der Waals surface area contributed by atoms with Crippen LogP contribution in [-0.4, -0.2) is 25.3 Å². The number of hydrogen-bond acceptors (Lipinski definition) is 2. The number of nitrogens with one attached hydrogen (secondary N) is 1. The first-order valence-corrected chi connectivity index (χ1v) is 5.56. The fraction of sp³-hybridized carbons (Fsp3) is 0.538. The summed E-state index contributed by atoms with van der Waals surface area (Å²) in [7, 11) is 0. The molecule has 1 heterocycles. The van der Waals surface area contributed by atoms with E-state index in [-0.39, 0.29) is 5.54 Å². The number of aryl methyl sites for hydroxylation is 1. The fourth-order valence-electron chi connectivity index (χ4n) is 2.16. The van der Waals surface area contributed by atoms with Gasteiger partial charge >= 0.3 is 0 Å². The molecule has 1 aliphatic heterocycles. The van der Waals surface area contributed by atoms with Crippen molar-refractivity contribution in [3.63, 3.8) is 0 Å². The van der Waals surface area contributed by atoms with E-state index < -0.39 is 0 Å². The number of ether oxygens (including phenoxy) is 1. The standard InChI is InChI=1S/C13H19NO/c1-11-4-3-5-12(8-11)9-13(2)10-15-7-6-14-13/h3-5,8,14H,6-7,9-10H2,1-2H3. The van der Waals surface area contributed by atoms with Crippen LogP contribution in [0.4, 0.5) is 0 Å². The Morgan fingerprint density at radius 3 is 3.00 bits per heavy atom. The molecule has 15 heavy (non-hydrogen) atoms. The average molecular weight is 205 g/mol. The van der Waals surface area contributed by atoms with Crippen molar-refractivity contribution in [3.05, 3.63) is 35.4 Å². The van der Waals surface area contributed by atoms with Crippen LogP contribution >= 0.6 is 0 Å². The van der Waals surface area contributed by atoms with Gasteiger partial charge in [-0.1, -0.05) is 29.8 Å². The van der Waals surface area contributed by atoms with Crippen molar-refractivity contribution in [3.8, 4) is 0 Å². The highest BCUT2D eigenvalue weighted by atomic mass is 16.5. The molecule has 1 aromatic rings. The average Bonchev–Trinajstić information content (AvgIpc) is 2.18. The van der Waals surface area contributed by atoms with E-state index in [1.54, 1.807) is 0 Å². The van der Waals surface area contributed by atoms with Crippen LogP contribution in [0, 0.1) is 6.92 Å². The van der Waals surface area contributed by atoms with Crippen molar-refractivity contribution in [2.24, 2.45) is 0 Å². The third-order valence-corrected chi connectivity index (χ3v) is 2.90. The second-order valence-electron chi connectivity index (χ2n) is 4.71. The summed E-state index contributed by atoms with van der Waals surface area (Å²) in [6, 6.07) is 8.70. The lowest BCUT2D eigenvalue weighted by molar-refractivity contribution is 0.0356. The molecule has 1 aromatic carbocycles. The Balaban J connectivity index is 2.06. The summed E-state index contributed by atoms with van der Waals surface area (Å²) in [5.41, 5.74) is 2.81. The zero-order valence-corrected chi connectivity index (χ0v) is 9.55. The number of rotatable bonds is 2. The summed E-state index contributed by atoms with van der Waals surface area (Å²) >= 11 is 0. The van der Waals surface area contributed by atoms with Gasteiger partial charge in [0, 0.05) is 12.1 Å².